The molecule has 0 radical (unpaired) electrons. The molecule has 0 N–H and O–H groups in total. The van der Waals surface area contributed by atoms with Crippen molar-refractivity contribution in [1.29, 1.82) is 0 Å². The molecule has 0 amide bonds. The Labute approximate surface area is 158 Å². The van der Waals surface area contributed by atoms with Crippen LogP contribution in [0.25, 0.3) is 0 Å². The Hall–Kier alpha value is -1.61. The zero-order valence-electron chi connectivity index (χ0n) is 16.4. The van der Waals surface area contributed by atoms with Crippen molar-refractivity contribution in [2.45, 2.75) is 71.5 Å². The molecule has 0 saturated heterocycles. The summed E-state index contributed by atoms with van der Waals surface area (Å²) in [5.74, 6) is 0.805. The quantitative estimate of drug-likeness (QED) is 0.306. The molecule has 1 aliphatic rings. The maximum Gasteiger partial charge on any atom is 0.335 e. The predicted octanol–water partition coefficient (Wildman–Crippen LogP) is 5.69. The van der Waals surface area contributed by atoms with Gasteiger partial charge in [-0.25, -0.2) is 4.79 Å². The van der Waals surface area contributed by atoms with E-state index in [2.05, 4.69) is 20.4 Å². The van der Waals surface area contributed by atoms with Crippen LogP contribution in [0.2, 0.25) is 0 Å². The summed E-state index contributed by atoms with van der Waals surface area (Å²) in [5, 5.41) is 0. The van der Waals surface area contributed by atoms with E-state index in [1.54, 1.807) is 0 Å². The molecule has 1 fully saturated rings. The summed E-state index contributed by atoms with van der Waals surface area (Å²) >= 11 is 0. The van der Waals surface area contributed by atoms with Crippen LogP contribution in [0.3, 0.4) is 0 Å². The summed E-state index contributed by atoms with van der Waals surface area (Å²) in [6, 6.07) is 10.0. The van der Waals surface area contributed by atoms with Crippen molar-refractivity contribution in [2.75, 3.05) is 6.61 Å². The number of esters is 1. The van der Waals surface area contributed by atoms with Crippen molar-refractivity contribution in [2.24, 2.45) is 11.8 Å². The molecule has 0 aliphatic heterocycles. The molecule has 1 aliphatic carbocycles. The first-order valence-electron chi connectivity index (χ1n) is 10.1. The van der Waals surface area contributed by atoms with Gasteiger partial charge in [0.25, 0.3) is 0 Å². The van der Waals surface area contributed by atoms with Gasteiger partial charge in [0.1, 0.15) is 0 Å². The molecular weight excluding hydrogens is 324 g/mol. The zero-order valence-corrected chi connectivity index (χ0v) is 16.4. The van der Waals surface area contributed by atoms with E-state index in [4.69, 9.17) is 9.47 Å². The third kappa shape index (κ3) is 7.74. The van der Waals surface area contributed by atoms with Crippen LogP contribution >= 0.6 is 0 Å². The van der Waals surface area contributed by atoms with Gasteiger partial charge in [0, 0.05) is 12.0 Å². The highest BCUT2D eigenvalue weighted by molar-refractivity contribution is 5.87. The van der Waals surface area contributed by atoms with Gasteiger partial charge in [-0.15, -0.1) is 0 Å². The monoisotopic (exact) mass is 358 g/mol. The second-order valence-electron chi connectivity index (χ2n) is 7.89. The van der Waals surface area contributed by atoms with E-state index in [1.807, 2.05) is 30.3 Å². The molecule has 1 saturated carbocycles. The van der Waals surface area contributed by atoms with E-state index in [-0.39, 0.29) is 5.97 Å². The van der Waals surface area contributed by atoms with Crippen molar-refractivity contribution in [3.8, 4) is 0 Å². The molecule has 3 heteroatoms. The topological polar surface area (TPSA) is 35.5 Å². The van der Waals surface area contributed by atoms with Crippen LogP contribution in [-0.4, -0.2) is 18.9 Å². The summed E-state index contributed by atoms with van der Waals surface area (Å²) in [6.45, 7) is 8.66. The maximum atomic E-state index is 12.3. The van der Waals surface area contributed by atoms with Gasteiger partial charge < -0.3 is 9.47 Å². The lowest BCUT2D eigenvalue weighted by Crippen LogP contribution is -2.26. The number of ether oxygens (including phenoxy) is 2. The Kier molecular flexibility index (Phi) is 8.90. The molecule has 144 valence electrons. The molecule has 0 aromatic heterocycles. The SMILES string of the molecule is C=C(CC(C)C)C(=O)OC(Cc1ccccc1)OCCC1CCCCC1. The Morgan fingerprint density at radius 1 is 1.15 bits per heavy atom. The fourth-order valence-corrected chi connectivity index (χ4v) is 3.56. The Bertz CT molecular complexity index is 544. The van der Waals surface area contributed by atoms with E-state index in [0.717, 1.165) is 17.9 Å². The third-order valence-corrected chi connectivity index (χ3v) is 4.98. The Morgan fingerprint density at radius 2 is 1.85 bits per heavy atom. The lowest BCUT2D eigenvalue weighted by atomic mass is 9.87. The average molecular weight is 359 g/mol. The molecule has 0 heterocycles. The molecule has 1 unspecified atom stereocenters. The van der Waals surface area contributed by atoms with E-state index >= 15 is 0 Å². The van der Waals surface area contributed by atoms with Crippen LogP contribution in [0.5, 0.6) is 0 Å². The van der Waals surface area contributed by atoms with Crippen LogP contribution in [-0.2, 0) is 20.7 Å². The fraction of sp³-hybridized carbons (Fsp3) is 0.609. The first kappa shape index (κ1) is 20.7. The first-order valence-corrected chi connectivity index (χ1v) is 10.1. The summed E-state index contributed by atoms with van der Waals surface area (Å²) in [7, 11) is 0. The van der Waals surface area contributed by atoms with Crippen molar-refractivity contribution in [3.63, 3.8) is 0 Å². The minimum Gasteiger partial charge on any atom is -0.432 e. The van der Waals surface area contributed by atoms with Gasteiger partial charge >= 0.3 is 5.97 Å². The van der Waals surface area contributed by atoms with Crippen molar-refractivity contribution < 1.29 is 14.3 Å². The van der Waals surface area contributed by atoms with Crippen molar-refractivity contribution in [1.82, 2.24) is 0 Å². The lowest BCUT2D eigenvalue weighted by Gasteiger charge is -2.24. The van der Waals surface area contributed by atoms with Gasteiger partial charge in [-0.05, 0) is 30.2 Å². The summed E-state index contributed by atoms with van der Waals surface area (Å²) in [5.41, 5.74) is 1.63. The van der Waals surface area contributed by atoms with Gasteiger partial charge in [-0.2, -0.15) is 0 Å². The van der Waals surface area contributed by atoms with Crippen LogP contribution in [0.1, 0.15) is 64.4 Å². The smallest absolute Gasteiger partial charge is 0.335 e. The van der Waals surface area contributed by atoms with Gasteiger partial charge in [0.05, 0.1) is 6.61 Å². The molecule has 0 spiro atoms. The van der Waals surface area contributed by atoms with Gasteiger partial charge in [-0.3, -0.25) is 0 Å². The number of benzene rings is 1. The second kappa shape index (κ2) is 11.2. The molecule has 1 aromatic rings. The Balaban J connectivity index is 1.87. The Morgan fingerprint density at radius 3 is 2.50 bits per heavy atom. The normalized spacial score (nSPS) is 16.4. The van der Waals surface area contributed by atoms with Crippen LogP contribution in [0.15, 0.2) is 42.5 Å². The van der Waals surface area contributed by atoms with E-state index in [9.17, 15) is 4.79 Å². The number of carbonyl (C=O) groups is 1. The number of carbonyl (C=O) groups excluding carboxylic acids is 1. The van der Waals surface area contributed by atoms with E-state index in [1.165, 1.54) is 32.1 Å². The standard InChI is InChI=1S/C23H34O3/c1-18(2)16-19(3)23(24)26-22(17-21-12-8-5-9-13-21)25-15-14-20-10-6-4-7-11-20/h5,8-9,12-13,18,20,22H,3-4,6-7,10-11,14-17H2,1-2H3. The molecular formula is C23H34O3. The average Bonchev–Trinajstić information content (AvgIpc) is 2.62. The van der Waals surface area contributed by atoms with Gasteiger partial charge in [0.15, 0.2) is 0 Å². The summed E-state index contributed by atoms with van der Waals surface area (Å²) < 4.78 is 11.6. The number of rotatable bonds is 10. The highest BCUT2D eigenvalue weighted by Gasteiger charge is 2.20. The lowest BCUT2D eigenvalue weighted by molar-refractivity contribution is -0.175. The largest absolute Gasteiger partial charge is 0.432 e. The molecule has 1 atom stereocenters. The van der Waals surface area contributed by atoms with Crippen LogP contribution < -0.4 is 0 Å². The zero-order chi connectivity index (χ0) is 18.8. The third-order valence-electron chi connectivity index (χ3n) is 4.98. The van der Waals surface area contributed by atoms with Gasteiger partial charge in [0.2, 0.25) is 6.29 Å². The molecule has 2 rings (SSSR count). The molecule has 0 bridgehead atoms. The van der Waals surface area contributed by atoms with Crippen molar-refractivity contribution in [3.05, 3.63) is 48.0 Å². The van der Waals surface area contributed by atoms with E-state index < -0.39 is 6.29 Å². The first-order chi connectivity index (χ1) is 12.5. The highest BCUT2D eigenvalue weighted by atomic mass is 16.7. The second-order valence-corrected chi connectivity index (χ2v) is 7.89. The van der Waals surface area contributed by atoms with Crippen LogP contribution in [0, 0.1) is 11.8 Å². The summed E-state index contributed by atoms with van der Waals surface area (Å²) in [4.78, 5) is 12.3. The van der Waals surface area contributed by atoms with Crippen LogP contribution in [0.4, 0.5) is 0 Å². The molecule has 26 heavy (non-hydrogen) atoms. The molecule has 1 aromatic carbocycles. The molecule has 3 nitrogen and oxygen atoms in total. The maximum absolute atomic E-state index is 12.3. The van der Waals surface area contributed by atoms with Crippen molar-refractivity contribution >= 4 is 5.97 Å². The number of hydrogen-bond acceptors (Lipinski definition) is 3. The fourth-order valence-electron chi connectivity index (χ4n) is 3.56. The summed E-state index contributed by atoms with van der Waals surface area (Å²) in [6.07, 6.45) is 8.38. The van der Waals surface area contributed by atoms with E-state index in [0.29, 0.717) is 30.9 Å². The minimum atomic E-state index is -0.544. The minimum absolute atomic E-state index is 0.336. The predicted molar refractivity (Wildman–Crippen MR) is 106 cm³/mol. The number of hydrogen-bond donors (Lipinski definition) is 0. The van der Waals surface area contributed by atoms with Gasteiger partial charge in [-0.1, -0.05) is 82.9 Å². The highest BCUT2D eigenvalue weighted by Crippen LogP contribution is 2.26.